The number of likely N-dealkylation sites (tertiary alicyclic amines) is 1. The Morgan fingerprint density at radius 3 is 2.71 bits per heavy atom. The third kappa shape index (κ3) is 5.17. The highest BCUT2D eigenvalue weighted by atomic mass is 35.5. The molecule has 118 valence electrons. The first kappa shape index (κ1) is 16.6. The van der Waals surface area contributed by atoms with Crippen LogP contribution >= 0.6 is 11.6 Å². The summed E-state index contributed by atoms with van der Waals surface area (Å²) in [4.78, 5) is 4.80. The maximum absolute atomic E-state index is 6.45. The van der Waals surface area contributed by atoms with Gasteiger partial charge >= 0.3 is 0 Å². The van der Waals surface area contributed by atoms with Gasteiger partial charge in [0.1, 0.15) is 0 Å². The molecule has 1 saturated heterocycles. The van der Waals surface area contributed by atoms with E-state index < -0.39 is 0 Å². The summed E-state index contributed by atoms with van der Waals surface area (Å²) in [6.45, 7) is 8.80. The van der Waals surface area contributed by atoms with E-state index in [0.717, 1.165) is 43.3 Å². The Kier molecular flexibility index (Phi) is 6.81. The fourth-order valence-electron chi connectivity index (χ4n) is 2.80. The molecule has 1 aromatic carbocycles. The van der Waals surface area contributed by atoms with Crippen LogP contribution in [-0.2, 0) is 6.54 Å². The van der Waals surface area contributed by atoms with Crippen LogP contribution in [0.1, 0.15) is 31.7 Å². The van der Waals surface area contributed by atoms with Crippen molar-refractivity contribution in [3.63, 3.8) is 0 Å². The summed E-state index contributed by atoms with van der Waals surface area (Å²) in [5.41, 5.74) is 2.39. The van der Waals surface area contributed by atoms with E-state index in [1.807, 2.05) is 0 Å². The Bertz CT molecular complexity index is 430. The number of rotatable bonds is 8. The molecule has 1 N–H and O–H groups in total. The van der Waals surface area contributed by atoms with Crippen LogP contribution in [0, 0.1) is 0 Å². The topological polar surface area (TPSA) is 18.5 Å². The van der Waals surface area contributed by atoms with Gasteiger partial charge in [-0.25, -0.2) is 0 Å². The first-order valence-corrected chi connectivity index (χ1v) is 8.51. The maximum atomic E-state index is 6.45. The third-order valence-corrected chi connectivity index (χ3v) is 4.43. The fraction of sp³-hybridized carbons (Fsp3) is 0.647. The number of benzene rings is 1. The second-order valence-corrected chi connectivity index (χ2v) is 6.34. The number of nitrogens with one attached hydrogen (secondary N) is 1. The highest BCUT2D eigenvalue weighted by Gasteiger charge is 2.13. The number of anilines is 1. The molecule has 21 heavy (non-hydrogen) atoms. The number of hydrogen-bond donors (Lipinski definition) is 1. The molecule has 0 unspecified atom stereocenters. The Morgan fingerprint density at radius 1 is 1.29 bits per heavy atom. The van der Waals surface area contributed by atoms with Crippen LogP contribution in [-0.4, -0.2) is 44.7 Å². The lowest BCUT2D eigenvalue weighted by molar-refractivity contribution is 0.346. The van der Waals surface area contributed by atoms with E-state index in [0.29, 0.717) is 0 Å². The van der Waals surface area contributed by atoms with E-state index in [4.69, 9.17) is 11.6 Å². The van der Waals surface area contributed by atoms with Crippen molar-refractivity contribution in [1.82, 2.24) is 10.2 Å². The molecule has 0 spiro atoms. The van der Waals surface area contributed by atoms with Crippen molar-refractivity contribution in [3.05, 3.63) is 28.8 Å². The lowest BCUT2D eigenvalue weighted by atomic mass is 10.2. The van der Waals surface area contributed by atoms with Crippen molar-refractivity contribution < 1.29 is 0 Å². The number of halogens is 1. The highest BCUT2D eigenvalue weighted by Crippen LogP contribution is 2.26. The Balaban J connectivity index is 1.86. The molecule has 0 atom stereocenters. The Hall–Kier alpha value is -0.770. The van der Waals surface area contributed by atoms with Crippen LogP contribution in [0.2, 0.25) is 5.02 Å². The third-order valence-electron chi connectivity index (χ3n) is 4.13. The van der Waals surface area contributed by atoms with E-state index in [2.05, 4.69) is 47.3 Å². The minimum absolute atomic E-state index is 0.856. The van der Waals surface area contributed by atoms with Gasteiger partial charge in [-0.15, -0.1) is 0 Å². The molecule has 2 rings (SSSR count). The maximum Gasteiger partial charge on any atom is 0.0642 e. The van der Waals surface area contributed by atoms with Crippen LogP contribution in [0.5, 0.6) is 0 Å². The Labute approximate surface area is 134 Å². The average molecular weight is 310 g/mol. The fourth-order valence-corrected chi connectivity index (χ4v) is 3.14. The second-order valence-electron chi connectivity index (χ2n) is 5.93. The first-order chi connectivity index (χ1) is 10.2. The van der Waals surface area contributed by atoms with Gasteiger partial charge in [-0.1, -0.05) is 24.6 Å². The van der Waals surface area contributed by atoms with Crippen molar-refractivity contribution in [2.75, 3.05) is 44.7 Å². The number of hydrogen-bond acceptors (Lipinski definition) is 3. The molecule has 3 nitrogen and oxygen atoms in total. The summed E-state index contributed by atoms with van der Waals surface area (Å²) < 4.78 is 0. The van der Waals surface area contributed by atoms with E-state index in [1.165, 1.54) is 31.5 Å². The zero-order chi connectivity index (χ0) is 15.1. The van der Waals surface area contributed by atoms with Gasteiger partial charge < -0.3 is 15.1 Å². The van der Waals surface area contributed by atoms with Crippen LogP contribution in [0.3, 0.4) is 0 Å². The molecule has 1 aliphatic heterocycles. The van der Waals surface area contributed by atoms with Gasteiger partial charge in [0.25, 0.3) is 0 Å². The smallest absolute Gasteiger partial charge is 0.0642 e. The molecule has 0 saturated carbocycles. The quantitative estimate of drug-likeness (QED) is 0.743. The van der Waals surface area contributed by atoms with Crippen molar-refractivity contribution in [3.8, 4) is 0 Å². The summed E-state index contributed by atoms with van der Waals surface area (Å²) in [7, 11) is 2.13. The summed E-state index contributed by atoms with van der Waals surface area (Å²) >= 11 is 6.45. The number of nitrogens with zero attached hydrogens (tertiary/aromatic N) is 2. The van der Waals surface area contributed by atoms with Crippen molar-refractivity contribution >= 4 is 17.3 Å². The standard InChI is InChI=1S/C17H28ClN3/c1-3-8-19-14-15-6-7-17(16(18)13-15)20(2)11-12-21-9-4-5-10-21/h6-7,13,19H,3-5,8-12,14H2,1-2H3. The molecule has 1 fully saturated rings. The molecule has 0 amide bonds. The lowest BCUT2D eigenvalue weighted by Gasteiger charge is -2.24. The zero-order valence-electron chi connectivity index (χ0n) is 13.4. The van der Waals surface area contributed by atoms with Gasteiger partial charge in [0.05, 0.1) is 10.7 Å². The van der Waals surface area contributed by atoms with Gasteiger partial charge in [-0.3, -0.25) is 0 Å². The largest absolute Gasteiger partial charge is 0.372 e. The minimum Gasteiger partial charge on any atom is -0.372 e. The molecule has 4 heteroatoms. The summed E-state index contributed by atoms with van der Waals surface area (Å²) in [6, 6.07) is 6.41. The predicted molar refractivity (Wildman–Crippen MR) is 92.4 cm³/mol. The van der Waals surface area contributed by atoms with Crippen LogP contribution in [0.4, 0.5) is 5.69 Å². The number of likely N-dealkylation sites (N-methyl/N-ethyl adjacent to an activating group) is 1. The Morgan fingerprint density at radius 2 is 2.05 bits per heavy atom. The van der Waals surface area contributed by atoms with Gasteiger partial charge in [0, 0.05) is 26.7 Å². The molecule has 1 aromatic rings. The normalized spacial score (nSPS) is 15.6. The summed E-state index contributed by atoms with van der Waals surface area (Å²) in [5, 5.41) is 4.27. The zero-order valence-corrected chi connectivity index (χ0v) is 14.1. The molecule has 0 radical (unpaired) electrons. The lowest BCUT2D eigenvalue weighted by Crippen LogP contribution is -2.31. The SMILES string of the molecule is CCCNCc1ccc(N(C)CCN2CCCC2)c(Cl)c1. The van der Waals surface area contributed by atoms with Crippen LogP contribution in [0.15, 0.2) is 18.2 Å². The van der Waals surface area contributed by atoms with Crippen molar-refractivity contribution in [2.24, 2.45) is 0 Å². The molecule has 1 heterocycles. The summed E-state index contributed by atoms with van der Waals surface area (Å²) in [5.74, 6) is 0. The van der Waals surface area contributed by atoms with Gasteiger partial charge in [0.2, 0.25) is 0 Å². The second kappa shape index (κ2) is 8.62. The van der Waals surface area contributed by atoms with E-state index in [1.54, 1.807) is 0 Å². The minimum atomic E-state index is 0.856. The first-order valence-electron chi connectivity index (χ1n) is 8.13. The molecular weight excluding hydrogens is 282 g/mol. The average Bonchev–Trinajstić information content (AvgIpc) is 2.98. The van der Waals surface area contributed by atoms with Crippen LogP contribution in [0.25, 0.3) is 0 Å². The predicted octanol–water partition coefficient (Wildman–Crippen LogP) is 3.37. The van der Waals surface area contributed by atoms with E-state index in [9.17, 15) is 0 Å². The molecule has 0 aromatic heterocycles. The van der Waals surface area contributed by atoms with Gasteiger partial charge in [-0.2, -0.15) is 0 Å². The molecule has 0 aliphatic carbocycles. The van der Waals surface area contributed by atoms with Crippen LogP contribution < -0.4 is 10.2 Å². The molecule has 0 bridgehead atoms. The van der Waals surface area contributed by atoms with E-state index >= 15 is 0 Å². The van der Waals surface area contributed by atoms with Crippen molar-refractivity contribution in [1.29, 1.82) is 0 Å². The summed E-state index contributed by atoms with van der Waals surface area (Å²) in [6.07, 6.45) is 3.86. The highest BCUT2D eigenvalue weighted by molar-refractivity contribution is 6.33. The van der Waals surface area contributed by atoms with Crippen molar-refractivity contribution in [2.45, 2.75) is 32.7 Å². The molecular formula is C17H28ClN3. The van der Waals surface area contributed by atoms with Gasteiger partial charge in [-0.05, 0) is 56.6 Å². The van der Waals surface area contributed by atoms with E-state index in [-0.39, 0.29) is 0 Å². The molecule has 1 aliphatic rings. The van der Waals surface area contributed by atoms with Gasteiger partial charge in [0.15, 0.2) is 0 Å². The monoisotopic (exact) mass is 309 g/mol.